The summed E-state index contributed by atoms with van der Waals surface area (Å²) in [5.41, 5.74) is 1.85. The summed E-state index contributed by atoms with van der Waals surface area (Å²) >= 11 is 12.0. The van der Waals surface area contributed by atoms with E-state index in [9.17, 15) is 4.79 Å². The number of halogens is 2. The molecule has 0 aliphatic rings. The van der Waals surface area contributed by atoms with E-state index in [1.165, 1.54) is 0 Å². The summed E-state index contributed by atoms with van der Waals surface area (Å²) in [6.07, 6.45) is 0.661. The topological polar surface area (TPSA) is 32.3 Å². The summed E-state index contributed by atoms with van der Waals surface area (Å²) in [6.45, 7) is 3.07. The minimum absolute atomic E-state index is 0.112. The number of amides is 2. The van der Waals surface area contributed by atoms with Crippen molar-refractivity contribution in [2.75, 3.05) is 18.0 Å². The minimum atomic E-state index is -0.112. The quantitative estimate of drug-likeness (QED) is 0.837. The zero-order valence-electron chi connectivity index (χ0n) is 12.4. The summed E-state index contributed by atoms with van der Waals surface area (Å²) in [5.74, 6) is 0. The molecule has 5 heteroatoms. The Bertz CT molecular complexity index is 632. The van der Waals surface area contributed by atoms with Crippen molar-refractivity contribution < 1.29 is 4.79 Å². The van der Waals surface area contributed by atoms with E-state index in [0.717, 1.165) is 11.3 Å². The van der Waals surface area contributed by atoms with Gasteiger partial charge < -0.3 is 5.32 Å². The van der Waals surface area contributed by atoms with Crippen LogP contribution in [0.5, 0.6) is 0 Å². The van der Waals surface area contributed by atoms with Crippen LogP contribution >= 0.6 is 23.2 Å². The van der Waals surface area contributed by atoms with Crippen LogP contribution in [0.4, 0.5) is 10.5 Å². The molecule has 116 valence electrons. The zero-order chi connectivity index (χ0) is 15.9. The molecule has 0 unspecified atom stereocenters. The van der Waals surface area contributed by atoms with E-state index in [1.807, 2.05) is 43.3 Å². The van der Waals surface area contributed by atoms with Crippen LogP contribution in [0.15, 0.2) is 48.5 Å². The Hall–Kier alpha value is -1.71. The van der Waals surface area contributed by atoms with Gasteiger partial charge in [0.2, 0.25) is 0 Å². The third-order valence-corrected chi connectivity index (χ3v) is 3.90. The van der Waals surface area contributed by atoms with E-state index in [2.05, 4.69) is 5.32 Å². The van der Waals surface area contributed by atoms with Crippen molar-refractivity contribution >= 4 is 34.9 Å². The molecule has 0 radical (unpaired) electrons. The van der Waals surface area contributed by atoms with Crippen molar-refractivity contribution in [3.8, 4) is 0 Å². The SMILES string of the molecule is CCN(C(=O)NCCc1ccc(Cl)cc1Cl)c1ccccc1. The highest BCUT2D eigenvalue weighted by Crippen LogP contribution is 2.21. The van der Waals surface area contributed by atoms with Crippen molar-refractivity contribution in [2.24, 2.45) is 0 Å². The average molecular weight is 337 g/mol. The summed E-state index contributed by atoms with van der Waals surface area (Å²) in [5, 5.41) is 4.15. The van der Waals surface area contributed by atoms with Gasteiger partial charge in [-0.3, -0.25) is 4.90 Å². The Labute approximate surface area is 140 Å². The zero-order valence-corrected chi connectivity index (χ0v) is 13.9. The number of anilines is 1. The van der Waals surface area contributed by atoms with E-state index in [-0.39, 0.29) is 6.03 Å². The number of hydrogen-bond donors (Lipinski definition) is 1. The smallest absolute Gasteiger partial charge is 0.321 e. The lowest BCUT2D eigenvalue weighted by atomic mass is 10.1. The van der Waals surface area contributed by atoms with Crippen LogP contribution in [0.2, 0.25) is 10.0 Å². The van der Waals surface area contributed by atoms with Crippen LogP contribution < -0.4 is 10.2 Å². The van der Waals surface area contributed by atoms with Crippen LogP contribution in [0.3, 0.4) is 0 Å². The second kappa shape index (κ2) is 8.06. The molecule has 0 aromatic heterocycles. The molecule has 0 saturated heterocycles. The summed E-state index contributed by atoms with van der Waals surface area (Å²) in [4.78, 5) is 14.0. The van der Waals surface area contributed by atoms with Gasteiger partial charge in [-0.1, -0.05) is 47.5 Å². The Morgan fingerprint density at radius 1 is 1.14 bits per heavy atom. The highest BCUT2D eigenvalue weighted by molar-refractivity contribution is 6.35. The molecule has 0 aliphatic heterocycles. The molecule has 3 nitrogen and oxygen atoms in total. The molecule has 0 fully saturated rings. The Kier molecular flexibility index (Phi) is 6.10. The Balaban J connectivity index is 1.92. The van der Waals surface area contributed by atoms with Gasteiger partial charge >= 0.3 is 6.03 Å². The molecular formula is C17H18Cl2N2O. The van der Waals surface area contributed by atoms with Gasteiger partial charge in [0.05, 0.1) is 0 Å². The second-order valence-electron chi connectivity index (χ2n) is 4.80. The lowest BCUT2D eigenvalue weighted by molar-refractivity contribution is 0.246. The predicted octanol–water partition coefficient (Wildman–Crippen LogP) is 4.77. The van der Waals surface area contributed by atoms with Gasteiger partial charge in [0.25, 0.3) is 0 Å². The standard InChI is InChI=1S/C17H18Cl2N2O/c1-2-21(15-6-4-3-5-7-15)17(22)20-11-10-13-8-9-14(18)12-16(13)19/h3-9,12H,2,10-11H2,1H3,(H,20,22). The molecule has 0 spiro atoms. The van der Waals surface area contributed by atoms with E-state index in [1.54, 1.807) is 17.0 Å². The van der Waals surface area contributed by atoms with Crippen molar-refractivity contribution in [2.45, 2.75) is 13.3 Å². The number of nitrogens with zero attached hydrogens (tertiary/aromatic N) is 1. The van der Waals surface area contributed by atoms with Gasteiger partial charge in [-0.05, 0) is 43.2 Å². The van der Waals surface area contributed by atoms with Crippen molar-refractivity contribution in [3.05, 3.63) is 64.1 Å². The first kappa shape index (κ1) is 16.7. The predicted molar refractivity (Wildman–Crippen MR) is 93.0 cm³/mol. The fourth-order valence-electron chi connectivity index (χ4n) is 2.18. The van der Waals surface area contributed by atoms with Crippen LogP contribution in [0, 0.1) is 0 Å². The molecule has 22 heavy (non-hydrogen) atoms. The number of para-hydroxylation sites is 1. The van der Waals surface area contributed by atoms with Crippen LogP contribution in [0.25, 0.3) is 0 Å². The van der Waals surface area contributed by atoms with Crippen molar-refractivity contribution in [1.29, 1.82) is 0 Å². The normalized spacial score (nSPS) is 10.3. The monoisotopic (exact) mass is 336 g/mol. The maximum Gasteiger partial charge on any atom is 0.321 e. The van der Waals surface area contributed by atoms with Gasteiger partial charge in [-0.2, -0.15) is 0 Å². The number of rotatable bonds is 5. The van der Waals surface area contributed by atoms with Gasteiger partial charge in [0, 0.05) is 28.8 Å². The molecule has 0 saturated carbocycles. The van der Waals surface area contributed by atoms with Crippen molar-refractivity contribution in [1.82, 2.24) is 5.32 Å². The van der Waals surface area contributed by atoms with Crippen LogP contribution in [-0.4, -0.2) is 19.1 Å². The third kappa shape index (κ3) is 4.39. The van der Waals surface area contributed by atoms with E-state index in [0.29, 0.717) is 29.6 Å². The molecule has 0 atom stereocenters. The lowest BCUT2D eigenvalue weighted by Gasteiger charge is -2.21. The minimum Gasteiger partial charge on any atom is -0.337 e. The van der Waals surface area contributed by atoms with E-state index < -0.39 is 0 Å². The average Bonchev–Trinajstić information content (AvgIpc) is 2.51. The lowest BCUT2D eigenvalue weighted by Crippen LogP contribution is -2.40. The first-order chi connectivity index (χ1) is 10.6. The van der Waals surface area contributed by atoms with Crippen LogP contribution in [0.1, 0.15) is 12.5 Å². The highest BCUT2D eigenvalue weighted by atomic mass is 35.5. The number of benzene rings is 2. The van der Waals surface area contributed by atoms with Gasteiger partial charge in [0.15, 0.2) is 0 Å². The molecule has 2 amide bonds. The fraction of sp³-hybridized carbons (Fsp3) is 0.235. The van der Waals surface area contributed by atoms with Gasteiger partial charge in [-0.15, -0.1) is 0 Å². The largest absolute Gasteiger partial charge is 0.337 e. The maximum atomic E-state index is 12.3. The number of hydrogen-bond acceptors (Lipinski definition) is 1. The number of urea groups is 1. The first-order valence-corrected chi connectivity index (χ1v) is 7.91. The molecule has 2 aromatic rings. The molecule has 2 rings (SSSR count). The summed E-state index contributed by atoms with van der Waals surface area (Å²) in [6, 6.07) is 14.9. The highest BCUT2D eigenvalue weighted by Gasteiger charge is 2.12. The molecule has 0 bridgehead atoms. The molecular weight excluding hydrogens is 319 g/mol. The Morgan fingerprint density at radius 3 is 2.50 bits per heavy atom. The molecule has 2 aromatic carbocycles. The van der Waals surface area contributed by atoms with Crippen molar-refractivity contribution in [3.63, 3.8) is 0 Å². The second-order valence-corrected chi connectivity index (χ2v) is 5.64. The van der Waals surface area contributed by atoms with E-state index in [4.69, 9.17) is 23.2 Å². The number of carbonyl (C=O) groups excluding carboxylic acids is 1. The fourth-order valence-corrected chi connectivity index (χ4v) is 2.68. The molecule has 0 aliphatic carbocycles. The van der Waals surface area contributed by atoms with Gasteiger partial charge in [0.1, 0.15) is 0 Å². The number of carbonyl (C=O) groups is 1. The third-order valence-electron chi connectivity index (χ3n) is 3.31. The van der Waals surface area contributed by atoms with Crippen LogP contribution in [-0.2, 0) is 6.42 Å². The summed E-state index contributed by atoms with van der Waals surface area (Å²) < 4.78 is 0. The summed E-state index contributed by atoms with van der Waals surface area (Å²) in [7, 11) is 0. The first-order valence-electron chi connectivity index (χ1n) is 7.16. The molecule has 0 heterocycles. The maximum absolute atomic E-state index is 12.3. The Morgan fingerprint density at radius 2 is 1.86 bits per heavy atom. The van der Waals surface area contributed by atoms with E-state index >= 15 is 0 Å². The van der Waals surface area contributed by atoms with Gasteiger partial charge in [-0.25, -0.2) is 4.79 Å². The molecule has 1 N–H and O–H groups in total. The number of nitrogens with one attached hydrogen (secondary N) is 1.